The number of morpholine rings is 1. The molecule has 23 heavy (non-hydrogen) atoms. The Balaban J connectivity index is 1.84. The molecule has 1 aromatic carbocycles. The molecule has 0 saturated carbocycles. The number of nitrogens with one attached hydrogen (secondary N) is 1. The molecule has 1 heterocycles. The fraction of sp³-hybridized carbons (Fsp3) is 0.625. The molecule has 0 spiro atoms. The Hall–Kier alpha value is -1.54. The Labute approximate surface area is 136 Å². The van der Waals surface area contributed by atoms with Crippen LogP contribution in [0.15, 0.2) is 24.3 Å². The smallest absolute Gasteiger partial charge is 0.269 e. The Bertz CT molecular complexity index is 513. The molecule has 0 aromatic heterocycles. The first-order valence-corrected chi connectivity index (χ1v) is 7.88. The van der Waals surface area contributed by atoms with E-state index in [1.54, 1.807) is 12.1 Å². The number of hydrogen-bond donors (Lipinski definition) is 2. The number of ether oxygens (including phenoxy) is 1. The molecule has 0 unspecified atom stereocenters. The maximum absolute atomic E-state index is 10.7. The maximum atomic E-state index is 10.7. The second-order valence-electron chi connectivity index (χ2n) is 6.34. The molecule has 1 aromatic rings. The number of nitrogens with zero attached hydrogens (tertiary/aromatic N) is 2. The highest BCUT2D eigenvalue weighted by atomic mass is 16.6. The van der Waals surface area contributed by atoms with Crippen molar-refractivity contribution in [2.24, 2.45) is 0 Å². The van der Waals surface area contributed by atoms with Crippen molar-refractivity contribution in [1.29, 1.82) is 0 Å². The lowest BCUT2D eigenvalue weighted by molar-refractivity contribution is -0.384. The second-order valence-corrected chi connectivity index (χ2v) is 6.34. The third-order valence-corrected chi connectivity index (χ3v) is 4.06. The minimum atomic E-state index is -0.841. The molecule has 7 heteroatoms. The van der Waals surface area contributed by atoms with Gasteiger partial charge in [0.2, 0.25) is 0 Å². The first-order valence-electron chi connectivity index (χ1n) is 7.88. The van der Waals surface area contributed by atoms with Crippen LogP contribution in [0.25, 0.3) is 0 Å². The third-order valence-electron chi connectivity index (χ3n) is 4.06. The Kier molecular flexibility index (Phi) is 6.06. The molecule has 0 bridgehead atoms. The van der Waals surface area contributed by atoms with Crippen LogP contribution in [-0.4, -0.2) is 59.9 Å². The van der Waals surface area contributed by atoms with E-state index in [-0.39, 0.29) is 11.7 Å². The molecule has 2 N–H and O–H groups in total. The first-order chi connectivity index (χ1) is 10.9. The van der Waals surface area contributed by atoms with Crippen LogP contribution in [0.4, 0.5) is 5.69 Å². The molecule has 1 fully saturated rings. The van der Waals surface area contributed by atoms with Gasteiger partial charge in [0.1, 0.15) is 0 Å². The lowest BCUT2D eigenvalue weighted by Gasteiger charge is -2.34. The molecule has 2 atom stereocenters. The topological polar surface area (TPSA) is 87.9 Å². The minimum Gasteiger partial charge on any atom is -0.388 e. The maximum Gasteiger partial charge on any atom is 0.269 e. The minimum absolute atomic E-state index is 0.00645. The number of hydrogen-bond acceptors (Lipinski definition) is 6. The summed E-state index contributed by atoms with van der Waals surface area (Å²) in [6, 6.07) is 6.49. The van der Waals surface area contributed by atoms with Crippen LogP contribution in [0.5, 0.6) is 0 Å². The number of nitro benzene ring substituents is 1. The van der Waals surface area contributed by atoms with Crippen LogP contribution >= 0.6 is 0 Å². The second kappa shape index (κ2) is 7.83. The zero-order valence-electron chi connectivity index (χ0n) is 13.7. The summed E-state index contributed by atoms with van der Waals surface area (Å²) in [5.74, 6) is 0. The zero-order valence-corrected chi connectivity index (χ0v) is 13.7. The van der Waals surface area contributed by atoms with Crippen LogP contribution in [-0.2, 0) is 4.74 Å². The zero-order chi connectivity index (χ0) is 16.9. The normalized spacial score (nSPS) is 20.0. The highest BCUT2D eigenvalue weighted by molar-refractivity contribution is 5.34. The van der Waals surface area contributed by atoms with E-state index >= 15 is 0 Å². The Morgan fingerprint density at radius 3 is 2.57 bits per heavy atom. The van der Waals surface area contributed by atoms with Gasteiger partial charge in [-0.1, -0.05) is 12.1 Å². The van der Waals surface area contributed by atoms with Crippen molar-refractivity contribution in [2.45, 2.75) is 25.5 Å². The van der Waals surface area contributed by atoms with Gasteiger partial charge in [-0.2, -0.15) is 0 Å². The summed E-state index contributed by atoms with van der Waals surface area (Å²) in [6.45, 7) is 7.94. The number of rotatable bonds is 7. The molecule has 7 nitrogen and oxygen atoms in total. The van der Waals surface area contributed by atoms with Crippen molar-refractivity contribution in [3.05, 3.63) is 39.9 Å². The van der Waals surface area contributed by atoms with Gasteiger partial charge in [0.15, 0.2) is 0 Å². The highest BCUT2D eigenvalue weighted by Crippen LogP contribution is 2.18. The summed E-state index contributed by atoms with van der Waals surface area (Å²) in [5, 5.41) is 24.5. The van der Waals surface area contributed by atoms with Crippen molar-refractivity contribution in [1.82, 2.24) is 10.2 Å². The number of β-amino-alcohol motifs (C(OH)–C–C–N with tert-alkyl or cyclic N) is 1. The summed E-state index contributed by atoms with van der Waals surface area (Å²) < 4.78 is 5.31. The number of nitro groups is 1. The molecule has 0 amide bonds. The molecule has 1 aliphatic rings. The predicted molar refractivity (Wildman–Crippen MR) is 87.4 cm³/mol. The summed E-state index contributed by atoms with van der Waals surface area (Å²) >= 11 is 0. The molecule has 1 aliphatic heterocycles. The molecule has 0 aliphatic carbocycles. The largest absolute Gasteiger partial charge is 0.388 e. The van der Waals surface area contributed by atoms with Gasteiger partial charge in [-0.05, 0) is 19.4 Å². The van der Waals surface area contributed by atoms with Gasteiger partial charge in [-0.25, -0.2) is 0 Å². The predicted octanol–water partition coefficient (Wildman–Crippen LogP) is 1.33. The van der Waals surface area contributed by atoms with Crippen LogP contribution in [0.1, 0.15) is 25.5 Å². The van der Waals surface area contributed by atoms with E-state index in [9.17, 15) is 15.2 Å². The van der Waals surface area contributed by atoms with E-state index in [1.807, 2.05) is 13.8 Å². The van der Waals surface area contributed by atoms with Gasteiger partial charge in [0.05, 0.1) is 23.7 Å². The van der Waals surface area contributed by atoms with Crippen LogP contribution in [0.3, 0.4) is 0 Å². The number of aliphatic hydroxyl groups is 1. The molecular formula is C16H25N3O4. The van der Waals surface area contributed by atoms with Crippen LogP contribution in [0, 0.1) is 10.1 Å². The van der Waals surface area contributed by atoms with Crippen molar-refractivity contribution < 1.29 is 14.8 Å². The summed E-state index contributed by atoms with van der Waals surface area (Å²) in [5.41, 5.74) is 0.199. The van der Waals surface area contributed by atoms with Crippen molar-refractivity contribution >= 4 is 5.69 Å². The average Bonchev–Trinajstić information content (AvgIpc) is 2.53. The molecule has 128 valence electrons. The molecular weight excluding hydrogens is 298 g/mol. The van der Waals surface area contributed by atoms with E-state index in [0.717, 1.165) is 18.7 Å². The fourth-order valence-corrected chi connectivity index (χ4v) is 2.67. The first kappa shape index (κ1) is 17.8. The quantitative estimate of drug-likeness (QED) is 0.581. The Morgan fingerprint density at radius 2 is 2.00 bits per heavy atom. The van der Waals surface area contributed by atoms with Gasteiger partial charge in [0.25, 0.3) is 5.69 Å². The molecule has 2 rings (SSSR count). The van der Waals surface area contributed by atoms with E-state index in [0.29, 0.717) is 26.3 Å². The van der Waals surface area contributed by atoms with Crippen LogP contribution in [0.2, 0.25) is 0 Å². The van der Waals surface area contributed by atoms with E-state index < -0.39 is 10.5 Å². The van der Waals surface area contributed by atoms with Gasteiger partial charge >= 0.3 is 0 Å². The van der Waals surface area contributed by atoms with E-state index in [1.165, 1.54) is 12.1 Å². The lowest BCUT2D eigenvalue weighted by Crippen LogP contribution is -2.50. The standard InChI is InChI=1S/C16H25N3O4/c1-13(14-3-5-15(6-4-14)19(21)22)17-11-16(2,20)12-18-7-9-23-10-8-18/h3-6,13,17,20H,7-12H2,1-2H3/t13-,16-/m1/s1. The summed E-state index contributed by atoms with van der Waals surface area (Å²) in [6.07, 6.45) is 0. The van der Waals surface area contributed by atoms with E-state index in [4.69, 9.17) is 4.74 Å². The van der Waals surface area contributed by atoms with Crippen molar-refractivity contribution in [3.63, 3.8) is 0 Å². The SMILES string of the molecule is C[C@@H](NC[C@@](C)(O)CN1CCOCC1)c1ccc([N+](=O)[O-])cc1. The van der Waals surface area contributed by atoms with Gasteiger partial charge in [-0.3, -0.25) is 15.0 Å². The Morgan fingerprint density at radius 1 is 1.39 bits per heavy atom. The highest BCUT2D eigenvalue weighted by Gasteiger charge is 2.25. The van der Waals surface area contributed by atoms with Crippen molar-refractivity contribution in [2.75, 3.05) is 39.4 Å². The monoisotopic (exact) mass is 323 g/mol. The van der Waals surface area contributed by atoms with Crippen molar-refractivity contribution in [3.8, 4) is 0 Å². The molecule has 0 radical (unpaired) electrons. The van der Waals surface area contributed by atoms with Gasteiger partial charge in [0, 0.05) is 44.4 Å². The fourth-order valence-electron chi connectivity index (χ4n) is 2.67. The summed E-state index contributed by atoms with van der Waals surface area (Å²) in [4.78, 5) is 12.5. The number of benzene rings is 1. The molecule has 1 saturated heterocycles. The average molecular weight is 323 g/mol. The number of non-ortho nitro benzene ring substituents is 1. The lowest BCUT2D eigenvalue weighted by atomic mass is 10.0. The van der Waals surface area contributed by atoms with E-state index in [2.05, 4.69) is 10.2 Å². The van der Waals surface area contributed by atoms with Gasteiger partial charge in [-0.15, -0.1) is 0 Å². The van der Waals surface area contributed by atoms with Crippen LogP contribution < -0.4 is 5.32 Å². The third kappa shape index (κ3) is 5.54. The summed E-state index contributed by atoms with van der Waals surface area (Å²) in [7, 11) is 0. The van der Waals surface area contributed by atoms with Gasteiger partial charge < -0.3 is 15.2 Å².